The molecule has 2 heterocycles. The number of nitrogens with zero attached hydrogens (tertiary/aromatic N) is 2. The topological polar surface area (TPSA) is 82.5 Å². The van der Waals surface area contributed by atoms with Gasteiger partial charge < -0.3 is 10.4 Å². The quantitative estimate of drug-likeness (QED) is 0.889. The molecule has 1 saturated heterocycles. The minimum absolute atomic E-state index is 0.105. The molecule has 0 bridgehead atoms. The molecular weight excluding hydrogens is 314 g/mol. The normalized spacial score (nSPS) is 17.6. The van der Waals surface area contributed by atoms with Crippen LogP contribution in [0.2, 0.25) is 0 Å². The number of carbonyl (C=O) groups excluding carboxylic acids is 2. The molecule has 1 atom stereocenters. The van der Waals surface area contributed by atoms with Crippen LogP contribution in [0.1, 0.15) is 27.3 Å². The number of carbonyl (C=O) groups is 2. The van der Waals surface area contributed by atoms with Gasteiger partial charge in [-0.2, -0.15) is 0 Å². The fraction of sp³-hybridized carbons (Fsp3) is 0.312. The van der Waals surface area contributed by atoms with Crippen molar-refractivity contribution in [3.8, 4) is 0 Å². The first kappa shape index (κ1) is 15.6. The number of rotatable bonds is 4. The monoisotopic (exact) mass is 331 g/mol. The summed E-state index contributed by atoms with van der Waals surface area (Å²) in [5.74, 6) is -0.371. The zero-order valence-corrected chi connectivity index (χ0v) is 13.5. The molecule has 23 heavy (non-hydrogen) atoms. The molecule has 0 spiro atoms. The van der Waals surface area contributed by atoms with E-state index in [1.165, 1.54) is 16.2 Å². The molecule has 0 aliphatic carbocycles. The summed E-state index contributed by atoms with van der Waals surface area (Å²) in [5.41, 5.74) is 1.60. The van der Waals surface area contributed by atoms with Gasteiger partial charge in [0.15, 0.2) is 5.13 Å². The Morgan fingerprint density at radius 3 is 2.83 bits per heavy atom. The third-order valence-corrected chi connectivity index (χ3v) is 4.80. The molecule has 2 amide bonds. The van der Waals surface area contributed by atoms with Gasteiger partial charge in [-0.25, -0.2) is 4.98 Å². The van der Waals surface area contributed by atoms with E-state index < -0.39 is 6.10 Å². The fourth-order valence-electron chi connectivity index (χ4n) is 2.44. The van der Waals surface area contributed by atoms with Gasteiger partial charge in [0.2, 0.25) is 5.91 Å². The summed E-state index contributed by atoms with van der Waals surface area (Å²) in [6.07, 6.45) is -0.559. The first-order valence-electron chi connectivity index (χ1n) is 7.32. The molecule has 0 saturated carbocycles. The van der Waals surface area contributed by atoms with Crippen LogP contribution in [-0.2, 0) is 11.3 Å². The number of aliphatic hydroxyl groups is 1. The molecule has 2 aromatic rings. The van der Waals surface area contributed by atoms with Crippen LogP contribution in [0.15, 0.2) is 30.3 Å². The average Bonchev–Trinajstić information content (AvgIpc) is 3.08. The van der Waals surface area contributed by atoms with E-state index in [2.05, 4.69) is 10.3 Å². The lowest BCUT2D eigenvalue weighted by atomic mass is 10.2. The van der Waals surface area contributed by atoms with Gasteiger partial charge >= 0.3 is 0 Å². The number of aromatic nitrogens is 1. The summed E-state index contributed by atoms with van der Waals surface area (Å²) in [6.45, 7) is 2.42. The van der Waals surface area contributed by atoms with Crippen LogP contribution in [0.25, 0.3) is 0 Å². The van der Waals surface area contributed by atoms with Crippen molar-refractivity contribution >= 4 is 28.3 Å². The van der Waals surface area contributed by atoms with Gasteiger partial charge in [0.25, 0.3) is 5.91 Å². The number of thiazole rings is 1. The zero-order chi connectivity index (χ0) is 16.4. The largest absolute Gasteiger partial charge is 0.391 e. The molecule has 7 heteroatoms. The molecule has 0 unspecified atom stereocenters. The van der Waals surface area contributed by atoms with Gasteiger partial charge in [0.05, 0.1) is 24.8 Å². The highest BCUT2D eigenvalue weighted by molar-refractivity contribution is 7.17. The molecule has 1 aliphatic rings. The Morgan fingerprint density at radius 2 is 2.17 bits per heavy atom. The number of amides is 2. The number of hydrogen-bond acceptors (Lipinski definition) is 5. The Balaban J connectivity index is 1.70. The van der Waals surface area contributed by atoms with Crippen molar-refractivity contribution in [3.05, 3.63) is 46.5 Å². The maximum Gasteiger partial charge on any atom is 0.263 e. The predicted molar refractivity (Wildman–Crippen MR) is 87.4 cm³/mol. The molecule has 6 nitrogen and oxygen atoms in total. The van der Waals surface area contributed by atoms with E-state index in [9.17, 15) is 14.7 Å². The average molecular weight is 331 g/mol. The van der Waals surface area contributed by atoms with Crippen molar-refractivity contribution in [1.82, 2.24) is 10.3 Å². The summed E-state index contributed by atoms with van der Waals surface area (Å²) >= 11 is 1.18. The summed E-state index contributed by atoms with van der Waals surface area (Å²) in [5, 5.41) is 12.9. The van der Waals surface area contributed by atoms with Gasteiger partial charge in [-0.3, -0.25) is 14.5 Å². The second-order valence-corrected chi connectivity index (χ2v) is 6.42. The number of hydrogen-bond donors (Lipinski definition) is 2. The Morgan fingerprint density at radius 1 is 1.43 bits per heavy atom. The molecule has 2 N–H and O–H groups in total. The number of aryl methyl sites for hydroxylation is 1. The molecule has 0 radical (unpaired) electrons. The highest BCUT2D eigenvalue weighted by Gasteiger charge is 2.32. The second kappa shape index (κ2) is 6.47. The first-order valence-corrected chi connectivity index (χ1v) is 8.14. The van der Waals surface area contributed by atoms with Crippen molar-refractivity contribution in [2.75, 3.05) is 11.4 Å². The van der Waals surface area contributed by atoms with Crippen LogP contribution in [0.4, 0.5) is 5.13 Å². The zero-order valence-electron chi connectivity index (χ0n) is 12.7. The Hall–Kier alpha value is -2.25. The first-order chi connectivity index (χ1) is 11.0. The summed E-state index contributed by atoms with van der Waals surface area (Å²) in [4.78, 5) is 30.4. The van der Waals surface area contributed by atoms with E-state index in [0.717, 1.165) is 5.56 Å². The maximum atomic E-state index is 12.3. The lowest BCUT2D eigenvalue weighted by Crippen LogP contribution is -2.25. The number of nitrogens with one attached hydrogen (secondary N) is 1. The lowest BCUT2D eigenvalue weighted by Gasteiger charge is -2.10. The van der Waals surface area contributed by atoms with Crippen molar-refractivity contribution in [2.24, 2.45) is 0 Å². The summed E-state index contributed by atoms with van der Waals surface area (Å²) in [6, 6.07) is 9.64. The van der Waals surface area contributed by atoms with Crippen LogP contribution >= 0.6 is 11.3 Å². The van der Waals surface area contributed by atoms with Crippen molar-refractivity contribution in [2.45, 2.75) is 26.0 Å². The van der Waals surface area contributed by atoms with E-state index >= 15 is 0 Å². The Labute approximate surface area is 137 Å². The second-order valence-electron chi connectivity index (χ2n) is 5.44. The van der Waals surface area contributed by atoms with Crippen LogP contribution in [0, 0.1) is 6.92 Å². The van der Waals surface area contributed by atoms with Crippen LogP contribution in [0.5, 0.6) is 0 Å². The standard InChI is InChI=1S/C16H17N3O3S/c1-10-14(15(22)17-8-11-5-3-2-4-6-11)23-16(18-10)19-9-12(20)7-13(19)21/h2-6,12,20H,7-9H2,1H3,(H,17,22)/t12-/m0/s1. The molecule has 120 valence electrons. The van der Waals surface area contributed by atoms with E-state index in [-0.39, 0.29) is 24.8 Å². The van der Waals surface area contributed by atoms with Gasteiger partial charge in [-0.15, -0.1) is 0 Å². The van der Waals surface area contributed by atoms with E-state index in [1.807, 2.05) is 30.3 Å². The summed E-state index contributed by atoms with van der Waals surface area (Å²) < 4.78 is 0. The molecule has 1 fully saturated rings. The van der Waals surface area contributed by atoms with E-state index in [0.29, 0.717) is 22.2 Å². The fourth-order valence-corrected chi connectivity index (χ4v) is 3.45. The summed E-state index contributed by atoms with van der Waals surface area (Å²) in [7, 11) is 0. The van der Waals surface area contributed by atoms with Crippen molar-refractivity contribution < 1.29 is 14.7 Å². The molecule has 3 rings (SSSR count). The minimum Gasteiger partial charge on any atom is -0.391 e. The van der Waals surface area contributed by atoms with E-state index in [1.54, 1.807) is 6.92 Å². The third kappa shape index (κ3) is 3.40. The molecular formula is C16H17N3O3S. The number of aliphatic hydroxyl groups excluding tert-OH is 1. The Bertz CT molecular complexity index is 729. The number of benzene rings is 1. The molecule has 1 aromatic heterocycles. The minimum atomic E-state index is -0.665. The SMILES string of the molecule is Cc1nc(N2C[C@@H](O)CC2=O)sc1C(=O)NCc1ccccc1. The van der Waals surface area contributed by atoms with Gasteiger partial charge in [-0.1, -0.05) is 41.7 Å². The number of anilines is 1. The van der Waals surface area contributed by atoms with Gasteiger partial charge in [-0.05, 0) is 12.5 Å². The Kier molecular flexibility index (Phi) is 4.40. The van der Waals surface area contributed by atoms with Crippen LogP contribution in [0.3, 0.4) is 0 Å². The third-order valence-electron chi connectivity index (χ3n) is 3.62. The highest BCUT2D eigenvalue weighted by Crippen LogP contribution is 2.29. The molecule has 1 aromatic carbocycles. The van der Waals surface area contributed by atoms with E-state index in [4.69, 9.17) is 0 Å². The van der Waals surface area contributed by atoms with Gasteiger partial charge in [0, 0.05) is 6.54 Å². The number of β-amino-alcohol motifs (C(OH)–C–C–N with tert-alkyl or cyclic N) is 1. The smallest absolute Gasteiger partial charge is 0.263 e. The maximum absolute atomic E-state index is 12.3. The van der Waals surface area contributed by atoms with Gasteiger partial charge in [0.1, 0.15) is 4.88 Å². The van der Waals surface area contributed by atoms with Crippen molar-refractivity contribution in [1.29, 1.82) is 0 Å². The predicted octanol–water partition coefficient (Wildman–Crippen LogP) is 1.48. The highest BCUT2D eigenvalue weighted by atomic mass is 32.1. The lowest BCUT2D eigenvalue weighted by molar-refractivity contribution is -0.117. The molecule has 1 aliphatic heterocycles. The van der Waals surface area contributed by atoms with Crippen LogP contribution in [-0.4, -0.2) is 34.6 Å². The van der Waals surface area contributed by atoms with Crippen molar-refractivity contribution in [3.63, 3.8) is 0 Å². The van der Waals surface area contributed by atoms with Crippen LogP contribution < -0.4 is 10.2 Å².